The monoisotopic (exact) mass is 480 g/mol. The Morgan fingerprint density at radius 1 is 1.00 bits per heavy atom. The first-order valence-electron chi connectivity index (χ1n) is 11.5. The smallest absolute Gasteiger partial charge is 0.317 e. The van der Waals surface area contributed by atoms with Gasteiger partial charge in [-0.1, -0.05) is 18.2 Å². The number of benzene rings is 2. The Kier molecular flexibility index (Phi) is 6.09. The van der Waals surface area contributed by atoms with E-state index in [0.29, 0.717) is 18.0 Å². The van der Waals surface area contributed by atoms with Gasteiger partial charge in [0.15, 0.2) is 0 Å². The number of aromatic nitrogens is 3. The number of nitrogens with one attached hydrogen (secondary N) is 1. The maximum absolute atomic E-state index is 13.1. The second kappa shape index (κ2) is 9.19. The lowest BCUT2D eigenvalue weighted by Gasteiger charge is -2.34. The third kappa shape index (κ3) is 4.43. The zero-order valence-corrected chi connectivity index (χ0v) is 19.9. The normalized spacial score (nSPS) is 17.4. The largest absolute Gasteiger partial charge is 0.331 e. The molecule has 10 heteroatoms. The number of carbonyl (C=O) groups is 1. The maximum atomic E-state index is 13.1. The first kappa shape index (κ1) is 22.5. The van der Waals surface area contributed by atoms with Crippen LogP contribution in [-0.4, -0.2) is 64.6 Å². The number of hydrogen-bond acceptors (Lipinski definition) is 5. The minimum Gasteiger partial charge on any atom is -0.331 e. The van der Waals surface area contributed by atoms with Crippen molar-refractivity contribution in [3.63, 3.8) is 0 Å². The molecular formula is C24H28N6O3S. The molecule has 2 aromatic carbocycles. The minimum absolute atomic E-state index is 0.189. The minimum atomic E-state index is -3.56. The molecular weight excluding hydrogens is 452 g/mol. The number of nitrogens with zero attached hydrogens (tertiary/aromatic N) is 5. The molecule has 2 aliphatic rings. The fraction of sp³-hybridized carbons (Fsp3) is 0.375. The average molecular weight is 481 g/mol. The van der Waals surface area contributed by atoms with Gasteiger partial charge < -0.3 is 10.2 Å². The van der Waals surface area contributed by atoms with Crippen molar-refractivity contribution in [3.8, 4) is 5.69 Å². The Labute approximate surface area is 199 Å². The van der Waals surface area contributed by atoms with Crippen molar-refractivity contribution in [3.05, 3.63) is 71.8 Å². The highest BCUT2D eigenvalue weighted by Gasteiger charge is 2.31. The molecule has 0 spiro atoms. The summed E-state index contributed by atoms with van der Waals surface area (Å²) in [5.74, 6) is 0. The number of carbonyl (C=O) groups excluding carboxylic acids is 1. The molecule has 178 valence electrons. The standard InChI is InChI=1S/C24H28N6O3S/c1-18(19-5-8-22(9-6-19)30-17-25-16-26-30)27-24(31)28-11-13-29(14-12-28)34(32,33)23-10-7-20-3-2-4-21(20)15-23/h5-10,15-18H,2-4,11-14H2,1H3,(H,27,31)/t18-/m1/s1. The van der Waals surface area contributed by atoms with Crippen LogP contribution in [0.1, 0.15) is 36.1 Å². The van der Waals surface area contributed by atoms with Crippen molar-refractivity contribution in [2.24, 2.45) is 0 Å². The third-order valence-corrected chi connectivity index (χ3v) is 8.54. The van der Waals surface area contributed by atoms with Crippen LogP contribution >= 0.6 is 0 Å². The number of hydrogen-bond donors (Lipinski definition) is 1. The maximum Gasteiger partial charge on any atom is 0.317 e. The molecule has 1 aliphatic carbocycles. The van der Waals surface area contributed by atoms with Crippen molar-refractivity contribution < 1.29 is 13.2 Å². The number of piperazine rings is 1. The van der Waals surface area contributed by atoms with Crippen molar-refractivity contribution in [1.29, 1.82) is 0 Å². The van der Waals surface area contributed by atoms with Crippen LogP contribution in [-0.2, 0) is 22.9 Å². The van der Waals surface area contributed by atoms with E-state index in [4.69, 9.17) is 0 Å². The van der Waals surface area contributed by atoms with Crippen LogP contribution in [0.3, 0.4) is 0 Å². The average Bonchev–Trinajstić information content (AvgIpc) is 3.56. The Balaban J connectivity index is 1.17. The lowest BCUT2D eigenvalue weighted by molar-refractivity contribution is 0.169. The predicted molar refractivity (Wildman–Crippen MR) is 127 cm³/mol. The summed E-state index contributed by atoms with van der Waals surface area (Å²) >= 11 is 0. The zero-order valence-electron chi connectivity index (χ0n) is 19.1. The zero-order chi connectivity index (χ0) is 23.7. The van der Waals surface area contributed by atoms with Crippen molar-refractivity contribution in [1.82, 2.24) is 29.3 Å². The van der Waals surface area contributed by atoms with Crippen LogP contribution < -0.4 is 5.32 Å². The van der Waals surface area contributed by atoms with E-state index in [1.54, 1.807) is 22.0 Å². The quantitative estimate of drug-likeness (QED) is 0.605. The molecule has 2 amide bonds. The van der Waals surface area contributed by atoms with Gasteiger partial charge in [0.1, 0.15) is 12.7 Å². The van der Waals surface area contributed by atoms with E-state index < -0.39 is 10.0 Å². The number of sulfonamides is 1. The highest BCUT2D eigenvalue weighted by Crippen LogP contribution is 2.27. The second-order valence-corrected chi connectivity index (χ2v) is 10.7. The van der Waals surface area contributed by atoms with Gasteiger partial charge in [-0.3, -0.25) is 0 Å². The topological polar surface area (TPSA) is 100 Å². The number of rotatable bonds is 5. The molecule has 0 saturated carbocycles. The summed E-state index contributed by atoms with van der Waals surface area (Å²) in [4.78, 5) is 18.8. The third-order valence-electron chi connectivity index (χ3n) is 6.65. The van der Waals surface area contributed by atoms with E-state index in [2.05, 4.69) is 15.4 Å². The summed E-state index contributed by atoms with van der Waals surface area (Å²) in [7, 11) is -3.56. The van der Waals surface area contributed by atoms with Gasteiger partial charge in [0, 0.05) is 26.2 Å². The molecule has 1 aliphatic heterocycles. The summed E-state index contributed by atoms with van der Waals surface area (Å²) in [5, 5.41) is 7.13. The first-order valence-corrected chi connectivity index (χ1v) is 13.0. The van der Waals surface area contributed by atoms with Crippen LogP contribution in [0.4, 0.5) is 4.79 Å². The van der Waals surface area contributed by atoms with Crippen molar-refractivity contribution in [2.75, 3.05) is 26.2 Å². The number of amides is 2. The van der Waals surface area contributed by atoms with E-state index in [9.17, 15) is 13.2 Å². The van der Waals surface area contributed by atoms with E-state index in [1.807, 2.05) is 43.3 Å². The summed E-state index contributed by atoms with van der Waals surface area (Å²) in [5.41, 5.74) is 4.25. The second-order valence-electron chi connectivity index (χ2n) is 8.78. The predicted octanol–water partition coefficient (Wildman–Crippen LogP) is 2.53. The molecule has 1 saturated heterocycles. The molecule has 5 rings (SSSR count). The van der Waals surface area contributed by atoms with Gasteiger partial charge in [-0.25, -0.2) is 22.9 Å². The number of aryl methyl sites for hydroxylation is 2. The van der Waals surface area contributed by atoms with Crippen LogP contribution in [0.2, 0.25) is 0 Å². The highest BCUT2D eigenvalue weighted by atomic mass is 32.2. The Morgan fingerprint density at radius 2 is 1.74 bits per heavy atom. The van der Waals surface area contributed by atoms with Crippen LogP contribution in [0.25, 0.3) is 5.69 Å². The van der Waals surface area contributed by atoms with E-state index in [-0.39, 0.29) is 25.2 Å². The van der Waals surface area contributed by atoms with Gasteiger partial charge in [0.25, 0.3) is 0 Å². The first-order chi connectivity index (χ1) is 16.4. The Hall–Kier alpha value is -3.24. The Bertz CT molecular complexity index is 1270. The summed E-state index contributed by atoms with van der Waals surface area (Å²) in [6, 6.07) is 12.9. The molecule has 1 aromatic heterocycles. The SMILES string of the molecule is C[C@@H](NC(=O)N1CCN(S(=O)(=O)c2ccc3c(c2)CCC3)CC1)c1ccc(-n2cncn2)cc1. The van der Waals surface area contributed by atoms with E-state index in [1.165, 1.54) is 16.2 Å². The molecule has 0 radical (unpaired) electrons. The molecule has 0 bridgehead atoms. The van der Waals surface area contributed by atoms with Gasteiger partial charge in [-0.15, -0.1) is 0 Å². The fourth-order valence-electron chi connectivity index (χ4n) is 4.61. The number of urea groups is 1. The Morgan fingerprint density at radius 3 is 2.44 bits per heavy atom. The van der Waals surface area contributed by atoms with Gasteiger partial charge >= 0.3 is 6.03 Å². The molecule has 1 fully saturated rings. The van der Waals surface area contributed by atoms with Crippen molar-refractivity contribution >= 4 is 16.1 Å². The van der Waals surface area contributed by atoms with Crippen molar-refractivity contribution in [2.45, 2.75) is 37.1 Å². The molecule has 1 N–H and O–H groups in total. The van der Waals surface area contributed by atoms with Crippen LogP contribution in [0.5, 0.6) is 0 Å². The fourth-order valence-corrected chi connectivity index (χ4v) is 6.08. The molecule has 0 unspecified atom stereocenters. The lowest BCUT2D eigenvalue weighted by Crippen LogP contribution is -2.53. The van der Waals surface area contributed by atoms with Gasteiger partial charge in [-0.2, -0.15) is 9.40 Å². The van der Waals surface area contributed by atoms with Crippen LogP contribution in [0.15, 0.2) is 60.0 Å². The van der Waals surface area contributed by atoms with E-state index in [0.717, 1.165) is 36.1 Å². The highest BCUT2D eigenvalue weighted by molar-refractivity contribution is 7.89. The van der Waals surface area contributed by atoms with Gasteiger partial charge in [-0.05, 0) is 67.1 Å². The molecule has 3 aromatic rings. The number of fused-ring (bicyclic) bond motifs is 1. The van der Waals surface area contributed by atoms with E-state index >= 15 is 0 Å². The molecule has 34 heavy (non-hydrogen) atoms. The van der Waals surface area contributed by atoms with Crippen LogP contribution in [0, 0.1) is 0 Å². The summed E-state index contributed by atoms with van der Waals surface area (Å²) in [6.07, 6.45) is 6.15. The molecule has 2 heterocycles. The lowest BCUT2D eigenvalue weighted by atomic mass is 10.1. The van der Waals surface area contributed by atoms with Gasteiger partial charge in [0.2, 0.25) is 10.0 Å². The van der Waals surface area contributed by atoms with Gasteiger partial charge in [0.05, 0.1) is 16.6 Å². The molecule has 1 atom stereocenters. The summed E-state index contributed by atoms with van der Waals surface area (Å²) < 4.78 is 29.4. The summed E-state index contributed by atoms with van der Waals surface area (Å²) in [6.45, 7) is 3.21. The molecule has 9 nitrogen and oxygen atoms in total.